The lowest BCUT2D eigenvalue weighted by molar-refractivity contribution is 0.283. The van der Waals surface area contributed by atoms with Crippen molar-refractivity contribution in [1.82, 2.24) is 10.1 Å². The molecular formula is C12H13BrN2O2. The predicted octanol–water partition coefficient (Wildman–Crippen LogP) is 3.28. The number of aromatic nitrogens is 2. The quantitative estimate of drug-likeness (QED) is 0.869. The highest BCUT2D eigenvalue weighted by atomic mass is 79.9. The van der Waals surface area contributed by atoms with Crippen LogP contribution in [0.25, 0.3) is 0 Å². The van der Waals surface area contributed by atoms with Crippen molar-refractivity contribution in [1.29, 1.82) is 0 Å². The second kappa shape index (κ2) is 5.31. The average Bonchev–Trinajstić information content (AvgIpc) is 2.76. The monoisotopic (exact) mass is 296 g/mol. The van der Waals surface area contributed by atoms with Crippen LogP contribution in [0, 0.1) is 6.92 Å². The molecule has 0 N–H and O–H groups in total. The van der Waals surface area contributed by atoms with E-state index in [1.54, 1.807) is 0 Å². The van der Waals surface area contributed by atoms with E-state index in [1.165, 1.54) is 5.56 Å². The molecule has 0 saturated heterocycles. The van der Waals surface area contributed by atoms with Gasteiger partial charge in [-0.25, -0.2) is 0 Å². The van der Waals surface area contributed by atoms with Gasteiger partial charge in [-0.05, 0) is 40.5 Å². The molecule has 1 aromatic heterocycles. The number of rotatable bonds is 4. The molecule has 1 heterocycles. The topological polar surface area (TPSA) is 48.2 Å². The Kier molecular flexibility index (Phi) is 3.78. The van der Waals surface area contributed by atoms with E-state index in [1.807, 2.05) is 32.0 Å². The van der Waals surface area contributed by atoms with Crippen LogP contribution in [0.2, 0.25) is 0 Å². The summed E-state index contributed by atoms with van der Waals surface area (Å²) in [6, 6.07) is 5.91. The van der Waals surface area contributed by atoms with E-state index >= 15 is 0 Å². The number of hydrogen-bond donors (Lipinski definition) is 0. The van der Waals surface area contributed by atoms with Gasteiger partial charge in [-0.1, -0.05) is 18.1 Å². The van der Waals surface area contributed by atoms with Gasteiger partial charge in [-0.2, -0.15) is 4.98 Å². The maximum Gasteiger partial charge on any atom is 0.226 e. The smallest absolute Gasteiger partial charge is 0.226 e. The molecule has 0 aliphatic rings. The van der Waals surface area contributed by atoms with Crippen LogP contribution in [0.1, 0.15) is 24.2 Å². The van der Waals surface area contributed by atoms with Gasteiger partial charge in [-0.3, -0.25) is 0 Å². The van der Waals surface area contributed by atoms with Crippen molar-refractivity contribution >= 4 is 15.9 Å². The third kappa shape index (κ3) is 3.06. The number of benzene rings is 1. The zero-order valence-corrected chi connectivity index (χ0v) is 11.3. The fourth-order valence-corrected chi connectivity index (χ4v) is 1.97. The van der Waals surface area contributed by atoms with E-state index in [0.29, 0.717) is 18.3 Å². The Balaban J connectivity index is 2.02. The molecule has 0 fully saturated rings. The first kappa shape index (κ1) is 12.1. The van der Waals surface area contributed by atoms with Crippen LogP contribution in [0.5, 0.6) is 5.75 Å². The second-order valence-corrected chi connectivity index (χ2v) is 4.53. The molecule has 0 unspecified atom stereocenters. The number of hydrogen-bond acceptors (Lipinski definition) is 4. The Morgan fingerprint density at radius 3 is 2.88 bits per heavy atom. The molecule has 0 radical (unpaired) electrons. The third-order valence-corrected chi connectivity index (χ3v) is 2.88. The van der Waals surface area contributed by atoms with E-state index < -0.39 is 0 Å². The molecule has 0 spiro atoms. The summed E-state index contributed by atoms with van der Waals surface area (Å²) in [4.78, 5) is 4.17. The van der Waals surface area contributed by atoms with Crippen molar-refractivity contribution in [3.8, 4) is 5.75 Å². The molecule has 17 heavy (non-hydrogen) atoms. The minimum atomic E-state index is 0.311. The number of halogens is 1. The zero-order chi connectivity index (χ0) is 12.3. The lowest BCUT2D eigenvalue weighted by Gasteiger charge is -2.06. The van der Waals surface area contributed by atoms with Crippen molar-refractivity contribution in [2.24, 2.45) is 0 Å². The van der Waals surface area contributed by atoms with Gasteiger partial charge < -0.3 is 9.26 Å². The maximum atomic E-state index is 5.60. The van der Waals surface area contributed by atoms with Crippen LogP contribution in [-0.4, -0.2) is 10.1 Å². The van der Waals surface area contributed by atoms with E-state index in [-0.39, 0.29) is 0 Å². The van der Waals surface area contributed by atoms with Gasteiger partial charge in [0.25, 0.3) is 0 Å². The molecule has 0 aliphatic heterocycles. The van der Waals surface area contributed by atoms with Crippen LogP contribution in [0.15, 0.2) is 27.2 Å². The highest BCUT2D eigenvalue weighted by Crippen LogP contribution is 2.26. The van der Waals surface area contributed by atoms with E-state index in [9.17, 15) is 0 Å². The van der Waals surface area contributed by atoms with Crippen LogP contribution >= 0.6 is 15.9 Å². The highest BCUT2D eigenvalue weighted by Gasteiger charge is 2.06. The van der Waals surface area contributed by atoms with Gasteiger partial charge >= 0.3 is 0 Å². The van der Waals surface area contributed by atoms with Crippen LogP contribution < -0.4 is 4.74 Å². The molecule has 90 valence electrons. The van der Waals surface area contributed by atoms with Gasteiger partial charge in [0, 0.05) is 6.42 Å². The first-order valence-corrected chi connectivity index (χ1v) is 6.18. The van der Waals surface area contributed by atoms with Crippen molar-refractivity contribution in [2.75, 3.05) is 0 Å². The Morgan fingerprint density at radius 2 is 2.24 bits per heavy atom. The number of aryl methyl sites for hydroxylation is 2. The zero-order valence-electron chi connectivity index (χ0n) is 9.74. The summed E-state index contributed by atoms with van der Waals surface area (Å²) < 4.78 is 11.5. The molecule has 0 amide bonds. The molecule has 5 heteroatoms. The van der Waals surface area contributed by atoms with E-state index in [0.717, 1.165) is 16.6 Å². The lowest BCUT2D eigenvalue weighted by Crippen LogP contribution is -1.98. The summed E-state index contributed by atoms with van der Waals surface area (Å²) in [6.07, 6.45) is 0.737. The van der Waals surface area contributed by atoms with Crippen molar-refractivity contribution in [2.45, 2.75) is 26.9 Å². The predicted molar refractivity (Wildman–Crippen MR) is 66.9 cm³/mol. The maximum absolute atomic E-state index is 5.60. The van der Waals surface area contributed by atoms with Crippen LogP contribution in [0.3, 0.4) is 0 Å². The first-order chi connectivity index (χ1) is 8.19. The molecule has 4 nitrogen and oxygen atoms in total. The summed E-state index contributed by atoms with van der Waals surface area (Å²) in [5, 5.41) is 3.82. The second-order valence-electron chi connectivity index (χ2n) is 3.68. The summed E-state index contributed by atoms with van der Waals surface area (Å²) in [6.45, 7) is 4.31. The molecule has 0 saturated carbocycles. The van der Waals surface area contributed by atoms with Gasteiger partial charge in [0.1, 0.15) is 5.75 Å². The third-order valence-electron chi connectivity index (χ3n) is 2.26. The van der Waals surface area contributed by atoms with Crippen LogP contribution in [0.4, 0.5) is 0 Å². The summed E-state index contributed by atoms with van der Waals surface area (Å²) in [5.41, 5.74) is 1.18. The average molecular weight is 297 g/mol. The Labute approximate surface area is 108 Å². The molecule has 1 aromatic carbocycles. The molecule has 2 rings (SSSR count). The van der Waals surface area contributed by atoms with E-state index in [2.05, 4.69) is 26.1 Å². The Morgan fingerprint density at radius 1 is 1.41 bits per heavy atom. The van der Waals surface area contributed by atoms with Crippen molar-refractivity contribution in [3.05, 3.63) is 40.0 Å². The summed E-state index contributed by atoms with van der Waals surface area (Å²) >= 11 is 3.45. The molecule has 2 aromatic rings. The van der Waals surface area contributed by atoms with Crippen molar-refractivity contribution < 1.29 is 9.26 Å². The molecule has 0 atom stereocenters. The molecule has 0 aliphatic carbocycles. The minimum absolute atomic E-state index is 0.311. The normalized spacial score (nSPS) is 10.5. The van der Waals surface area contributed by atoms with Crippen molar-refractivity contribution in [3.63, 3.8) is 0 Å². The Hall–Kier alpha value is -1.36. The first-order valence-electron chi connectivity index (χ1n) is 5.39. The highest BCUT2D eigenvalue weighted by molar-refractivity contribution is 9.10. The van der Waals surface area contributed by atoms with Gasteiger partial charge in [0.05, 0.1) is 4.47 Å². The summed E-state index contributed by atoms with van der Waals surface area (Å²) in [5.74, 6) is 1.97. The minimum Gasteiger partial charge on any atom is -0.484 e. The fourth-order valence-electron chi connectivity index (χ4n) is 1.36. The van der Waals surface area contributed by atoms with Gasteiger partial charge in [-0.15, -0.1) is 0 Å². The Bertz CT molecular complexity index is 511. The summed E-state index contributed by atoms with van der Waals surface area (Å²) in [7, 11) is 0. The molecule has 0 bridgehead atoms. The molecular weight excluding hydrogens is 284 g/mol. The van der Waals surface area contributed by atoms with Gasteiger partial charge in [0.2, 0.25) is 11.7 Å². The fraction of sp³-hybridized carbons (Fsp3) is 0.333. The number of nitrogens with zero attached hydrogens (tertiary/aromatic N) is 2. The lowest BCUT2D eigenvalue weighted by atomic mass is 10.2. The largest absolute Gasteiger partial charge is 0.484 e. The SMILES string of the molecule is CCc1nc(COc2ccc(C)cc2Br)no1. The van der Waals surface area contributed by atoms with Gasteiger partial charge in [0.15, 0.2) is 6.61 Å². The standard InChI is InChI=1S/C12H13BrN2O2/c1-3-12-14-11(15-17-12)7-16-10-5-4-8(2)6-9(10)13/h4-6H,3,7H2,1-2H3. The van der Waals surface area contributed by atoms with E-state index in [4.69, 9.17) is 9.26 Å². The number of ether oxygens (including phenoxy) is 1. The van der Waals surface area contributed by atoms with Crippen LogP contribution in [-0.2, 0) is 13.0 Å².